The lowest BCUT2D eigenvalue weighted by Gasteiger charge is -2.04. The molecule has 1 aromatic heterocycles. The van der Waals surface area contributed by atoms with Gasteiger partial charge in [0.1, 0.15) is 11.3 Å². The van der Waals surface area contributed by atoms with E-state index >= 15 is 0 Å². The van der Waals surface area contributed by atoms with Crippen LogP contribution in [0.3, 0.4) is 0 Å². The molecular formula is C10H9ClN2OS2. The van der Waals surface area contributed by atoms with Crippen molar-refractivity contribution in [3.63, 3.8) is 0 Å². The smallest absolute Gasteiger partial charge is 0.174 e. The van der Waals surface area contributed by atoms with Crippen molar-refractivity contribution in [1.29, 1.82) is 0 Å². The molecule has 0 saturated carbocycles. The second-order valence-electron chi connectivity index (χ2n) is 2.96. The van der Waals surface area contributed by atoms with Crippen LogP contribution in [0.2, 0.25) is 5.02 Å². The van der Waals surface area contributed by atoms with Gasteiger partial charge in [0.25, 0.3) is 0 Å². The quantitative estimate of drug-likeness (QED) is 0.798. The van der Waals surface area contributed by atoms with Crippen LogP contribution in [0.5, 0.6) is 5.75 Å². The zero-order chi connectivity index (χ0) is 11.4. The van der Waals surface area contributed by atoms with Gasteiger partial charge in [-0.15, -0.1) is 10.2 Å². The molecular weight excluding hydrogens is 264 g/mol. The van der Waals surface area contributed by atoms with Crippen molar-refractivity contribution in [3.05, 3.63) is 34.3 Å². The minimum absolute atomic E-state index is 0.637. The lowest BCUT2D eigenvalue weighted by Crippen LogP contribution is -1.86. The number of halogens is 1. The van der Waals surface area contributed by atoms with E-state index in [9.17, 15) is 0 Å². The predicted molar refractivity (Wildman–Crippen MR) is 67.5 cm³/mol. The minimum Gasteiger partial charge on any atom is -0.495 e. The standard InChI is InChI=1S/C10H9ClN2OS2/c1-14-9-3-2-7(4-8(9)11)5-15-10-13-12-6-16-10/h2-4,6H,5H2,1H3. The van der Waals surface area contributed by atoms with Crippen LogP contribution in [0.4, 0.5) is 0 Å². The van der Waals surface area contributed by atoms with Gasteiger partial charge in [0.15, 0.2) is 4.34 Å². The second-order valence-corrected chi connectivity index (χ2v) is 5.43. The summed E-state index contributed by atoms with van der Waals surface area (Å²) in [6.45, 7) is 0. The van der Waals surface area contributed by atoms with Gasteiger partial charge >= 0.3 is 0 Å². The Morgan fingerprint density at radius 2 is 2.38 bits per heavy atom. The molecule has 1 heterocycles. The number of nitrogens with zero attached hydrogens (tertiary/aromatic N) is 2. The molecule has 1 aromatic carbocycles. The first-order chi connectivity index (χ1) is 7.79. The summed E-state index contributed by atoms with van der Waals surface area (Å²) in [6, 6.07) is 5.78. The van der Waals surface area contributed by atoms with E-state index in [0.717, 1.165) is 15.7 Å². The van der Waals surface area contributed by atoms with Crippen LogP contribution in [0.1, 0.15) is 5.56 Å². The number of thioether (sulfide) groups is 1. The molecule has 0 aliphatic carbocycles. The highest BCUT2D eigenvalue weighted by Gasteiger charge is 2.03. The molecule has 0 radical (unpaired) electrons. The van der Waals surface area contributed by atoms with Crippen LogP contribution in [-0.2, 0) is 5.75 Å². The van der Waals surface area contributed by atoms with E-state index in [4.69, 9.17) is 16.3 Å². The third-order valence-electron chi connectivity index (χ3n) is 1.92. The van der Waals surface area contributed by atoms with Crippen LogP contribution in [0.15, 0.2) is 28.0 Å². The Morgan fingerprint density at radius 3 is 3.00 bits per heavy atom. The largest absolute Gasteiger partial charge is 0.495 e. The molecule has 6 heteroatoms. The van der Waals surface area contributed by atoms with E-state index in [1.54, 1.807) is 24.4 Å². The van der Waals surface area contributed by atoms with Gasteiger partial charge in [0, 0.05) is 5.75 Å². The zero-order valence-corrected chi connectivity index (χ0v) is 10.9. The summed E-state index contributed by atoms with van der Waals surface area (Å²) in [4.78, 5) is 0. The van der Waals surface area contributed by atoms with E-state index in [2.05, 4.69) is 10.2 Å². The van der Waals surface area contributed by atoms with Crippen LogP contribution in [0, 0.1) is 0 Å². The fourth-order valence-electron chi connectivity index (χ4n) is 1.17. The Bertz CT molecular complexity index is 462. The Labute approximate surface area is 107 Å². The lowest BCUT2D eigenvalue weighted by molar-refractivity contribution is 0.415. The maximum atomic E-state index is 6.03. The van der Waals surface area contributed by atoms with Crippen LogP contribution in [-0.4, -0.2) is 17.3 Å². The van der Waals surface area contributed by atoms with Crippen LogP contribution < -0.4 is 4.74 Å². The summed E-state index contributed by atoms with van der Waals surface area (Å²) >= 11 is 9.22. The molecule has 0 bridgehead atoms. The Kier molecular flexibility index (Phi) is 4.04. The van der Waals surface area contributed by atoms with Crippen molar-refractivity contribution in [3.8, 4) is 5.75 Å². The summed E-state index contributed by atoms with van der Waals surface area (Å²) in [7, 11) is 1.61. The zero-order valence-electron chi connectivity index (χ0n) is 8.51. The highest BCUT2D eigenvalue weighted by Crippen LogP contribution is 2.29. The number of ether oxygens (including phenoxy) is 1. The fraction of sp³-hybridized carbons (Fsp3) is 0.200. The summed E-state index contributed by atoms with van der Waals surface area (Å²) in [5.74, 6) is 1.53. The predicted octanol–water partition coefficient (Wildman–Crippen LogP) is 3.49. The van der Waals surface area contributed by atoms with Gasteiger partial charge in [-0.3, -0.25) is 0 Å². The monoisotopic (exact) mass is 272 g/mol. The van der Waals surface area contributed by atoms with Gasteiger partial charge in [-0.25, -0.2) is 0 Å². The lowest BCUT2D eigenvalue weighted by atomic mass is 10.2. The molecule has 0 amide bonds. The first-order valence-electron chi connectivity index (χ1n) is 4.51. The average Bonchev–Trinajstić information content (AvgIpc) is 2.79. The molecule has 0 aliphatic rings. The number of hydrogen-bond donors (Lipinski definition) is 0. The molecule has 0 unspecified atom stereocenters. The molecule has 0 saturated heterocycles. The van der Waals surface area contributed by atoms with Gasteiger partial charge in [0.05, 0.1) is 12.1 Å². The van der Waals surface area contributed by atoms with Crippen molar-refractivity contribution in [2.75, 3.05) is 7.11 Å². The summed E-state index contributed by atoms with van der Waals surface area (Å²) in [6.07, 6.45) is 0. The summed E-state index contributed by atoms with van der Waals surface area (Å²) in [5, 5.41) is 8.38. The third kappa shape index (κ3) is 2.87. The maximum absolute atomic E-state index is 6.03. The minimum atomic E-state index is 0.637. The normalized spacial score (nSPS) is 10.4. The average molecular weight is 273 g/mol. The van der Waals surface area contributed by atoms with E-state index in [0.29, 0.717) is 10.8 Å². The van der Waals surface area contributed by atoms with E-state index in [1.807, 2.05) is 18.2 Å². The van der Waals surface area contributed by atoms with Crippen LogP contribution >= 0.6 is 34.7 Å². The van der Waals surface area contributed by atoms with Crippen molar-refractivity contribution in [2.24, 2.45) is 0 Å². The van der Waals surface area contributed by atoms with Gasteiger partial charge in [-0.05, 0) is 17.7 Å². The van der Waals surface area contributed by atoms with Gasteiger partial charge in [-0.1, -0.05) is 40.8 Å². The topological polar surface area (TPSA) is 35.0 Å². The molecule has 2 rings (SSSR count). The Balaban J connectivity index is 2.02. The van der Waals surface area contributed by atoms with Gasteiger partial charge in [0.2, 0.25) is 0 Å². The van der Waals surface area contributed by atoms with Crippen molar-refractivity contribution in [2.45, 2.75) is 10.1 Å². The molecule has 0 spiro atoms. The Hall–Kier alpha value is -0.780. The first kappa shape index (κ1) is 11.7. The number of rotatable bonds is 4. The number of methoxy groups -OCH3 is 1. The molecule has 16 heavy (non-hydrogen) atoms. The van der Waals surface area contributed by atoms with E-state index < -0.39 is 0 Å². The maximum Gasteiger partial charge on any atom is 0.174 e. The molecule has 0 aliphatic heterocycles. The first-order valence-corrected chi connectivity index (χ1v) is 6.75. The molecule has 3 nitrogen and oxygen atoms in total. The number of benzene rings is 1. The number of aromatic nitrogens is 2. The van der Waals surface area contributed by atoms with Gasteiger partial charge in [-0.2, -0.15) is 0 Å². The molecule has 0 atom stereocenters. The van der Waals surface area contributed by atoms with E-state index in [-0.39, 0.29) is 0 Å². The van der Waals surface area contributed by atoms with Crippen molar-refractivity contribution in [1.82, 2.24) is 10.2 Å². The third-order valence-corrected chi connectivity index (χ3v) is 4.15. The summed E-state index contributed by atoms with van der Waals surface area (Å²) in [5.41, 5.74) is 2.87. The van der Waals surface area contributed by atoms with Crippen molar-refractivity contribution < 1.29 is 4.74 Å². The molecule has 0 N–H and O–H groups in total. The fourth-order valence-corrected chi connectivity index (χ4v) is 2.88. The second kappa shape index (κ2) is 5.52. The Morgan fingerprint density at radius 1 is 1.50 bits per heavy atom. The highest BCUT2D eigenvalue weighted by molar-refractivity contribution is 8.00. The van der Waals surface area contributed by atoms with Crippen molar-refractivity contribution >= 4 is 34.7 Å². The molecule has 2 aromatic rings. The summed E-state index contributed by atoms with van der Waals surface area (Å²) < 4.78 is 6.06. The molecule has 84 valence electrons. The number of hydrogen-bond acceptors (Lipinski definition) is 5. The molecule has 0 fully saturated rings. The van der Waals surface area contributed by atoms with Gasteiger partial charge < -0.3 is 4.74 Å². The SMILES string of the molecule is COc1ccc(CSc2nncs2)cc1Cl. The highest BCUT2D eigenvalue weighted by atomic mass is 35.5. The van der Waals surface area contributed by atoms with E-state index in [1.165, 1.54) is 11.3 Å². The van der Waals surface area contributed by atoms with Crippen LogP contribution in [0.25, 0.3) is 0 Å².